The van der Waals surface area contributed by atoms with Crippen molar-refractivity contribution in [1.82, 2.24) is 5.43 Å². The Hall–Kier alpha value is -3.13. The van der Waals surface area contributed by atoms with Crippen molar-refractivity contribution < 1.29 is 23.9 Å². The third-order valence-corrected chi connectivity index (χ3v) is 4.63. The molecule has 3 rings (SSSR count). The van der Waals surface area contributed by atoms with E-state index in [0.29, 0.717) is 27.0 Å². The van der Waals surface area contributed by atoms with Crippen molar-refractivity contribution in [3.05, 3.63) is 63.6 Å². The van der Waals surface area contributed by atoms with Crippen LogP contribution in [0.15, 0.2) is 52.5 Å². The van der Waals surface area contributed by atoms with Crippen LogP contribution in [0.5, 0.6) is 5.75 Å². The summed E-state index contributed by atoms with van der Waals surface area (Å²) in [4.78, 5) is 36.7. The molecule has 0 unspecified atom stereocenters. The van der Waals surface area contributed by atoms with Gasteiger partial charge in [0, 0.05) is 0 Å². The van der Waals surface area contributed by atoms with Crippen LogP contribution >= 0.6 is 15.9 Å². The highest BCUT2D eigenvalue weighted by Crippen LogP contribution is 2.28. The van der Waals surface area contributed by atoms with Crippen LogP contribution in [-0.2, 0) is 14.3 Å². The monoisotopic (exact) mass is 444 g/mol. The van der Waals surface area contributed by atoms with E-state index >= 15 is 0 Å². The Morgan fingerprint density at radius 2 is 1.89 bits per heavy atom. The van der Waals surface area contributed by atoms with Crippen molar-refractivity contribution in [3.8, 4) is 5.75 Å². The first-order valence-corrected chi connectivity index (χ1v) is 9.21. The second kappa shape index (κ2) is 8.26. The highest BCUT2D eigenvalue weighted by atomic mass is 79.9. The third kappa shape index (κ3) is 3.91. The molecule has 1 fully saturated rings. The van der Waals surface area contributed by atoms with Crippen molar-refractivity contribution in [2.45, 2.75) is 6.92 Å². The molecule has 0 aliphatic carbocycles. The number of esters is 1. The first-order chi connectivity index (χ1) is 13.4. The number of amides is 2. The van der Waals surface area contributed by atoms with Gasteiger partial charge >= 0.3 is 5.97 Å². The molecule has 1 aliphatic rings. The summed E-state index contributed by atoms with van der Waals surface area (Å²) in [6.45, 7) is 2.00. The van der Waals surface area contributed by atoms with Gasteiger partial charge in [-0.3, -0.25) is 15.0 Å². The van der Waals surface area contributed by atoms with Crippen LogP contribution in [0.3, 0.4) is 0 Å². The maximum Gasteiger partial charge on any atom is 0.338 e. The zero-order valence-electron chi connectivity index (χ0n) is 15.2. The van der Waals surface area contributed by atoms with E-state index in [-0.39, 0.29) is 12.2 Å². The van der Waals surface area contributed by atoms with E-state index in [9.17, 15) is 14.4 Å². The maximum atomic E-state index is 12.7. The second-order valence-electron chi connectivity index (χ2n) is 5.80. The lowest BCUT2D eigenvalue weighted by Gasteiger charge is -2.14. The number of anilines is 1. The molecule has 0 bridgehead atoms. The molecule has 1 aliphatic heterocycles. The second-order valence-corrected chi connectivity index (χ2v) is 6.66. The molecular formula is C20H17BrN2O5. The lowest BCUT2D eigenvalue weighted by molar-refractivity contribution is -0.117. The fraction of sp³-hybridized carbons (Fsp3) is 0.150. The Bertz CT molecular complexity index is 969. The minimum atomic E-state index is -0.508. The zero-order valence-corrected chi connectivity index (χ0v) is 16.8. The van der Waals surface area contributed by atoms with Gasteiger partial charge in [0.2, 0.25) is 0 Å². The van der Waals surface area contributed by atoms with Gasteiger partial charge in [-0.1, -0.05) is 6.07 Å². The van der Waals surface area contributed by atoms with Gasteiger partial charge in [-0.25, -0.2) is 9.80 Å². The van der Waals surface area contributed by atoms with Crippen molar-refractivity contribution in [3.63, 3.8) is 0 Å². The number of hydrazine groups is 1. The topological polar surface area (TPSA) is 84.9 Å². The molecule has 2 aromatic carbocycles. The van der Waals surface area contributed by atoms with Crippen LogP contribution in [0.2, 0.25) is 0 Å². The quantitative estimate of drug-likeness (QED) is 0.435. The Balaban J connectivity index is 1.83. The standard InChI is InChI=1S/C20H17BrN2O5/c1-3-28-20(26)13-5-7-14(8-6-13)23-19(25)15(18(24)22-23)10-12-4-9-17(27-2)16(21)11-12/h4-11H,3H2,1-2H3,(H,22,24)/b15-10+. The third-order valence-electron chi connectivity index (χ3n) is 4.01. The molecule has 2 amide bonds. The largest absolute Gasteiger partial charge is 0.496 e. The molecule has 7 nitrogen and oxygen atoms in total. The van der Waals surface area contributed by atoms with Crippen LogP contribution in [0, 0.1) is 0 Å². The van der Waals surface area contributed by atoms with Gasteiger partial charge in [-0.2, -0.15) is 0 Å². The Kier molecular flexibility index (Phi) is 5.79. The highest BCUT2D eigenvalue weighted by molar-refractivity contribution is 9.10. The highest BCUT2D eigenvalue weighted by Gasteiger charge is 2.34. The van der Waals surface area contributed by atoms with E-state index < -0.39 is 17.8 Å². The molecule has 8 heteroatoms. The molecule has 1 N–H and O–H groups in total. The number of halogens is 1. The molecule has 2 aromatic rings. The van der Waals surface area contributed by atoms with E-state index in [4.69, 9.17) is 9.47 Å². The molecule has 1 saturated heterocycles. The summed E-state index contributed by atoms with van der Waals surface area (Å²) >= 11 is 3.38. The minimum Gasteiger partial charge on any atom is -0.496 e. The van der Waals surface area contributed by atoms with Gasteiger partial charge in [0.25, 0.3) is 11.8 Å². The van der Waals surface area contributed by atoms with Crippen LogP contribution in [-0.4, -0.2) is 31.5 Å². The van der Waals surface area contributed by atoms with E-state index in [0.717, 1.165) is 5.01 Å². The lowest BCUT2D eigenvalue weighted by atomic mass is 10.1. The fourth-order valence-electron chi connectivity index (χ4n) is 2.64. The Labute approximate surface area is 170 Å². The average molecular weight is 445 g/mol. The average Bonchev–Trinajstić information content (AvgIpc) is 2.97. The molecule has 0 spiro atoms. The summed E-state index contributed by atoms with van der Waals surface area (Å²) in [6.07, 6.45) is 1.51. The number of hydrogen-bond donors (Lipinski definition) is 1. The molecule has 0 atom stereocenters. The van der Waals surface area contributed by atoms with E-state index in [1.807, 2.05) is 0 Å². The van der Waals surface area contributed by atoms with Crippen molar-refractivity contribution in [1.29, 1.82) is 0 Å². The van der Waals surface area contributed by atoms with Crippen LogP contribution in [0.4, 0.5) is 5.69 Å². The van der Waals surface area contributed by atoms with Crippen molar-refractivity contribution in [2.24, 2.45) is 0 Å². The van der Waals surface area contributed by atoms with Crippen molar-refractivity contribution in [2.75, 3.05) is 18.7 Å². The molecule has 1 heterocycles. The number of nitrogens with zero attached hydrogens (tertiary/aromatic N) is 1. The van der Waals surface area contributed by atoms with Gasteiger partial charge in [0.1, 0.15) is 11.3 Å². The van der Waals surface area contributed by atoms with Gasteiger partial charge in [-0.05, 0) is 70.9 Å². The smallest absolute Gasteiger partial charge is 0.338 e. The molecule has 144 valence electrons. The summed E-state index contributed by atoms with van der Waals surface area (Å²) in [7, 11) is 1.55. The number of carbonyl (C=O) groups excluding carboxylic acids is 3. The normalized spacial score (nSPS) is 15.0. The summed E-state index contributed by atoms with van der Waals surface area (Å²) in [6, 6.07) is 11.4. The van der Waals surface area contributed by atoms with E-state index in [2.05, 4.69) is 21.4 Å². The van der Waals surface area contributed by atoms with Gasteiger partial charge in [0.15, 0.2) is 0 Å². The number of methoxy groups -OCH3 is 1. The van der Waals surface area contributed by atoms with E-state index in [1.54, 1.807) is 44.4 Å². The molecule has 0 radical (unpaired) electrons. The molecular weight excluding hydrogens is 428 g/mol. The number of hydrogen-bond acceptors (Lipinski definition) is 5. The van der Waals surface area contributed by atoms with Crippen LogP contribution < -0.4 is 15.2 Å². The number of benzene rings is 2. The SMILES string of the molecule is CCOC(=O)c1ccc(N2NC(=O)/C(=C\c3ccc(OC)c(Br)c3)C2=O)cc1. The summed E-state index contributed by atoms with van der Waals surface area (Å²) < 4.78 is 10.8. The summed E-state index contributed by atoms with van der Waals surface area (Å²) in [5.41, 5.74) is 4.00. The van der Waals surface area contributed by atoms with Crippen LogP contribution in [0.1, 0.15) is 22.8 Å². The molecule has 28 heavy (non-hydrogen) atoms. The zero-order chi connectivity index (χ0) is 20.3. The van der Waals surface area contributed by atoms with E-state index in [1.165, 1.54) is 18.2 Å². The Morgan fingerprint density at radius 3 is 2.50 bits per heavy atom. The summed E-state index contributed by atoms with van der Waals surface area (Å²) in [5.74, 6) is -0.795. The fourth-order valence-corrected chi connectivity index (χ4v) is 3.20. The van der Waals surface area contributed by atoms with Crippen molar-refractivity contribution >= 4 is 45.5 Å². The number of ether oxygens (including phenoxy) is 2. The van der Waals surface area contributed by atoms with Gasteiger partial charge in [-0.15, -0.1) is 0 Å². The predicted octanol–water partition coefficient (Wildman–Crippen LogP) is 3.10. The molecule has 0 aromatic heterocycles. The predicted molar refractivity (Wildman–Crippen MR) is 107 cm³/mol. The van der Waals surface area contributed by atoms with Crippen LogP contribution in [0.25, 0.3) is 6.08 Å². The maximum absolute atomic E-state index is 12.7. The van der Waals surface area contributed by atoms with Gasteiger partial charge in [0.05, 0.1) is 29.4 Å². The number of nitrogens with one attached hydrogen (secondary N) is 1. The summed E-state index contributed by atoms with van der Waals surface area (Å²) in [5, 5.41) is 1.14. The number of rotatable bonds is 5. The lowest BCUT2D eigenvalue weighted by Crippen LogP contribution is -2.35. The van der Waals surface area contributed by atoms with Gasteiger partial charge < -0.3 is 9.47 Å². The number of carbonyl (C=O) groups is 3. The first-order valence-electron chi connectivity index (χ1n) is 8.42. The minimum absolute atomic E-state index is 0.00605. The first kappa shape index (κ1) is 19.6. The molecule has 0 saturated carbocycles. The Morgan fingerprint density at radius 1 is 1.18 bits per heavy atom.